The molecule has 1 aromatic carbocycles. The number of carboxylic acid groups (broad SMARTS) is 1. The minimum absolute atomic E-state index is 0.0545. The maximum absolute atomic E-state index is 13.4. The average molecular weight is 351 g/mol. The lowest BCUT2D eigenvalue weighted by Gasteiger charge is -2.42. The van der Waals surface area contributed by atoms with Crippen molar-refractivity contribution < 1.29 is 28.6 Å². The molecule has 1 amide bonds. The number of carbonyl (C=O) groups is 2. The predicted octanol–water partition coefficient (Wildman–Crippen LogP) is 1.58. The third kappa shape index (κ3) is 3.82. The van der Waals surface area contributed by atoms with E-state index < -0.39 is 17.5 Å². The van der Waals surface area contributed by atoms with Crippen LogP contribution in [-0.2, 0) is 24.5 Å². The van der Waals surface area contributed by atoms with Gasteiger partial charge < -0.3 is 19.5 Å². The molecular weight excluding hydrogens is 329 g/mol. The number of nitrogens with zero attached hydrogens (tertiary/aromatic N) is 1. The van der Waals surface area contributed by atoms with Crippen molar-refractivity contribution in [3.63, 3.8) is 0 Å². The number of halogens is 1. The van der Waals surface area contributed by atoms with Crippen LogP contribution >= 0.6 is 0 Å². The Morgan fingerprint density at radius 2 is 1.88 bits per heavy atom. The highest BCUT2D eigenvalue weighted by Crippen LogP contribution is 2.37. The Bertz CT molecular complexity index is 627. The van der Waals surface area contributed by atoms with E-state index in [4.69, 9.17) is 14.6 Å². The number of aliphatic carboxylic acids is 1. The highest BCUT2D eigenvalue weighted by molar-refractivity contribution is 5.88. The number of hydrogen-bond acceptors (Lipinski definition) is 4. The molecule has 0 aromatic heterocycles. The number of hydrogen-bond donors (Lipinski definition) is 1. The molecule has 0 aliphatic carbocycles. The smallest absolute Gasteiger partial charge is 0.306 e. The Kier molecular flexibility index (Phi) is 5.34. The molecule has 6 nitrogen and oxygen atoms in total. The molecule has 2 saturated heterocycles. The normalized spacial score (nSPS) is 23.2. The van der Waals surface area contributed by atoms with Crippen LogP contribution in [0.5, 0.6) is 0 Å². The molecule has 1 aromatic rings. The molecule has 0 bridgehead atoms. The maximum atomic E-state index is 13.4. The van der Waals surface area contributed by atoms with E-state index in [2.05, 4.69) is 0 Å². The third-order valence-electron chi connectivity index (χ3n) is 4.98. The van der Waals surface area contributed by atoms with E-state index in [0.717, 1.165) is 5.56 Å². The summed E-state index contributed by atoms with van der Waals surface area (Å²) in [4.78, 5) is 26.0. The minimum Gasteiger partial charge on any atom is -0.481 e. The summed E-state index contributed by atoms with van der Waals surface area (Å²) in [6.07, 6.45) is 0.424. The van der Waals surface area contributed by atoms with E-state index >= 15 is 0 Å². The molecule has 136 valence electrons. The monoisotopic (exact) mass is 351 g/mol. The molecule has 7 heteroatoms. The van der Waals surface area contributed by atoms with Gasteiger partial charge in [-0.1, -0.05) is 12.1 Å². The Morgan fingerprint density at radius 3 is 2.52 bits per heavy atom. The summed E-state index contributed by atoms with van der Waals surface area (Å²) in [6, 6.07) is 6.06. The minimum atomic E-state index is -0.946. The largest absolute Gasteiger partial charge is 0.481 e. The van der Waals surface area contributed by atoms with Crippen molar-refractivity contribution in [1.82, 2.24) is 4.90 Å². The van der Waals surface area contributed by atoms with Crippen LogP contribution in [0.15, 0.2) is 24.3 Å². The first-order valence-corrected chi connectivity index (χ1v) is 8.48. The number of ether oxygens (including phenoxy) is 2. The van der Waals surface area contributed by atoms with E-state index in [1.807, 2.05) is 0 Å². The third-order valence-corrected chi connectivity index (χ3v) is 4.98. The summed E-state index contributed by atoms with van der Waals surface area (Å²) in [5, 5.41) is 8.96. The maximum Gasteiger partial charge on any atom is 0.306 e. The molecule has 0 spiro atoms. The number of amides is 1. The van der Waals surface area contributed by atoms with Crippen LogP contribution in [0.3, 0.4) is 0 Å². The second-order valence-corrected chi connectivity index (χ2v) is 6.54. The molecule has 2 heterocycles. The molecule has 3 rings (SSSR count). The molecule has 0 saturated carbocycles. The summed E-state index contributed by atoms with van der Waals surface area (Å²) in [6.45, 7) is 1.94. The Labute approximate surface area is 145 Å². The lowest BCUT2D eigenvalue weighted by Crippen LogP contribution is -2.55. The fraction of sp³-hybridized carbons (Fsp3) is 0.556. The van der Waals surface area contributed by atoms with Crippen LogP contribution in [0.1, 0.15) is 24.8 Å². The number of morpholine rings is 1. The highest BCUT2D eigenvalue weighted by atomic mass is 19.1. The zero-order valence-corrected chi connectivity index (χ0v) is 13.9. The van der Waals surface area contributed by atoms with Crippen LogP contribution in [0.2, 0.25) is 0 Å². The quantitative estimate of drug-likeness (QED) is 0.891. The van der Waals surface area contributed by atoms with Crippen LogP contribution in [-0.4, -0.2) is 60.9 Å². The van der Waals surface area contributed by atoms with E-state index in [9.17, 15) is 14.0 Å². The van der Waals surface area contributed by atoms with Gasteiger partial charge in [0.05, 0.1) is 24.5 Å². The summed E-state index contributed by atoms with van der Waals surface area (Å²) in [7, 11) is 0. The molecule has 2 aliphatic rings. The highest BCUT2D eigenvalue weighted by Gasteiger charge is 2.45. The van der Waals surface area contributed by atoms with Gasteiger partial charge in [0.2, 0.25) is 5.91 Å². The first kappa shape index (κ1) is 17.8. The van der Waals surface area contributed by atoms with E-state index in [1.165, 1.54) is 12.1 Å². The predicted molar refractivity (Wildman–Crippen MR) is 86.7 cm³/mol. The molecule has 0 radical (unpaired) electrons. The Morgan fingerprint density at radius 1 is 1.20 bits per heavy atom. The van der Waals surface area contributed by atoms with Crippen LogP contribution in [0.25, 0.3) is 0 Å². The summed E-state index contributed by atoms with van der Waals surface area (Å²) >= 11 is 0. The summed E-state index contributed by atoms with van der Waals surface area (Å²) < 4.78 is 24.2. The molecular formula is C18H22FNO5. The van der Waals surface area contributed by atoms with Gasteiger partial charge in [-0.3, -0.25) is 9.59 Å². The van der Waals surface area contributed by atoms with E-state index in [1.54, 1.807) is 17.0 Å². The SMILES string of the molecule is O=C(O)CC1CN(C(=O)C2(c3ccc(F)cc3)CCOCC2)CCO1. The zero-order chi connectivity index (χ0) is 17.9. The topological polar surface area (TPSA) is 76.1 Å². The van der Waals surface area contributed by atoms with Crippen molar-refractivity contribution in [3.8, 4) is 0 Å². The van der Waals surface area contributed by atoms with Gasteiger partial charge in [0, 0.05) is 26.3 Å². The fourth-order valence-corrected chi connectivity index (χ4v) is 3.64. The van der Waals surface area contributed by atoms with Gasteiger partial charge in [-0.15, -0.1) is 0 Å². The standard InChI is InChI=1S/C18H22FNO5/c19-14-3-1-13(2-4-14)18(5-8-24-9-6-18)17(23)20-7-10-25-15(12-20)11-16(21)22/h1-4,15H,5-12H2,(H,21,22). The van der Waals surface area contributed by atoms with Gasteiger partial charge in [0.15, 0.2) is 0 Å². The first-order chi connectivity index (χ1) is 12.0. The summed E-state index contributed by atoms with van der Waals surface area (Å²) in [5.41, 5.74) is 0.0281. The molecule has 1 unspecified atom stereocenters. The van der Waals surface area contributed by atoms with Crippen molar-refractivity contribution in [1.29, 1.82) is 0 Å². The molecule has 1 N–H and O–H groups in total. The molecule has 25 heavy (non-hydrogen) atoms. The zero-order valence-electron chi connectivity index (χ0n) is 13.9. The van der Waals surface area contributed by atoms with Gasteiger partial charge in [0.1, 0.15) is 5.82 Å². The number of benzene rings is 1. The van der Waals surface area contributed by atoms with Crippen LogP contribution in [0, 0.1) is 5.82 Å². The van der Waals surface area contributed by atoms with Gasteiger partial charge >= 0.3 is 5.97 Å². The van der Waals surface area contributed by atoms with E-state index in [-0.39, 0.29) is 24.7 Å². The Hall–Kier alpha value is -1.99. The van der Waals surface area contributed by atoms with Crippen LogP contribution in [0.4, 0.5) is 4.39 Å². The van der Waals surface area contributed by atoms with E-state index in [0.29, 0.717) is 39.2 Å². The second-order valence-electron chi connectivity index (χ2n) is 6.54. The number of carboxylic acids is 1. The molecule has 2 aliphatic heterocycles. The average Bonchev–Trinajstić information content (AvgIpc) is 2.62. The van der Waals surface area contributed by atoms with Gasteiger partial charge in [-0.25, -0.2) is 4.39 Å². The first-order valence-electron chi connectivity index (χ1n) is 8.48. The number of rotatable bonds is 4. The van der Waals surface area contributed by atoms with Crippen LogP contribution < -0.4 is 0 Å². The molecule has 2 fully saturated rings. The van der Waals surface area contributed by atoms with Crippen molar-refractivity contribution in [2.45, 2.75) is 30.8 Å². The fourth-order valence-electron chi connectivity index (χ4n) is 3.64. The van der Waals surface area contributed by atoms with Gasteiger partial charge in [0.25, 0.3) is 0 Å². The summed E-state index contributed by atoms with van der Waals surface area (Å²) in [5.74, 6) is -1.34. The van der Waals surface area contributed by atoms with Crippen molar-refractivity contribution >= 4 is 11.9 Å². The van der Waals surface area contributed by atoms with Gasteiger partial charge in [-0.2, -0.15) is 0 Å². The van der Waals surface area contributed by atoms with Gasteiger partial charge in [-0.05, 0) is 30.5 Å². The lowest BCUT2D eigenvalue weighted by atomic mass is 9.73. The van der Waals surface area contributed by atoms with Crippen molar-refractivity contribution in [3.05, 3.63) is 35.6 Å². The lowest BCUT2D eigenvalue weighted by molar-refractivity contribution is -0.153. The molecule has 1 atom stereocenters. The van der Waals surface area contributed by atoms with Crippen molar-refractivity contribution in [2.75, 3.05) is 32.9 Å². The Balaban J connectivity index is 1.84. The second kappa shape index (κ2) is 7.49. The number of carbonyl (C=O) groups excluding carboxylic acids is 1. The van der Waals surface area contributed by atoms with Crippen molar-refractivity contribution in [2.24, 2.45) is 0 Å².